The average Bonchev–Trinajstić information content (AvgIpc) is 2.67. The van der Waals surface area contributed by atoms with Gasteiger partial charge in [-0.25, -0.2) is 17.2 Å². The summed E-state index contributed by atoms with van der Waals surface area (Å²) in [6.45, 7) is -0.814. The van der Waals surface area contributed by atoms with E-state index >= 15 is 0 Å². The van der Waals surface area contributed by atoms with Gasteiger partial charge in [0.1, 0.15) is 4.90 Å². The van der Waals surface area contributed by atoms with Crippen molar-refractivity contribution in [2.24, 2.45) is 7.05 Å². The molecule has 0 radical (unpaired) electrons. The summed E-state index contributed by atoms with van der Waals surface area (Å²) in [5, 5.41) is 0.533. The molecule has 0 atom stereocenters. The molecule has 2 rings (SSSR count). The molecule has 0 N–H and O–H groups in total. The molecule has 0 aliphatic carbocycles. The van der Waals surface area contributed by atoms with Crippen LogP contribution in [0.4, 0.5) is 8.78 Å². The predicted molar refractivity (Wildman–Crippen MR) is 68.7 cm³/mol. The van der Waals surface area contributed by atoms with Crippen molar-refractivity contribution in [2.75, 3.05) is 13.6 Å². The van der Waals surface area contributed by atoms with Gasteiger partial charge in [0.05, 0.1) is 6.54 Å². The van der Waals surface area contributed by atoms with Crippen LogP contribution in [-0.2, 0) is 17.1 Å². The van der Waals surface area contributed by atoms with Gasteiger partial charge < -0.3 is 4.57 Å². The molecule has 1 aromatic heterocycles. The van der Waals surface area contributed by atoms with E-state index in [0.717, 1.165) is 12.6 Å². The van der Waals surface area contributed by atoms with Gasteiger partial charge in [-0.05, 0) is 6.07 Å². The lowest BCUT2D eigenvalue weighted by Crippen LogP contribution is -2.31. The third-order valence-electron chi connectivity index (χ3n) is 2.94. The van der Waals surface area contributed by atoms with Crippen molar-refractivity contribution in [1.82, 2.24) is 8.87 Å². The van der Waals surface area contributed by atoms with E-state index in [2.05, 4.69) is 0 Å². The lowest BCUT2D eigenvalue weighted by Gasteiger charge is -2.15. The Morgan fingerprint density at radius 2 is 1.95 bits per heavy atom. The standard InChI is InChI=1S/C12H14F2N2O2S/c1-15-7-11(9-5-3-4-6-10(9)15)19(17,18)16(2)8-12(13)14/h3-7,12H,8H2,1-2H3. The maximum absolute atomic E-state index is 12.3. The van der Waals surface area contributed by atoms with E-state index in [-0.39, 0.29) is 4.90 Å². The Morgan fingerprint density at radius 3 is 2.58 bits per heavy atom. The number of rotatable bonds is 4. The maximum atomic E-state index is 12.3. The number of hydrogen-bond donors (Lipinski definition) is 0. The molecule has 0 aliphatic heterocycles. The SMILES string of the molecule is CN(CC(F)F)S(=O)(=O)c1cn(C)c2ccccc12. The summed E-state index contributed by atoms with van der Waals surface area (Å²) < 4.78 is 51.6. The van der Waals surface area contributed by atoms with E-state index in [4.69, 9.17) is 0 Å². The first-order valence-corrected chi connectivity index (χ1v) is 7.06. The lowest BCUT2D eigenvalue weighted by molar-refractivity contribution is 0.126. The highest BCUT2D eigenvalue weighted by molar-refractivity contribution is 7.89. The first-order valence-electron chi connectivity index (χ1n) is 5.62. The molecule has 0 saturated carbocycles. The summed E-state index contributed by atoms with van der Waals surface area (Å²) >= 11 is 0. The summed E-state index contributed by atoms with van der Waals surface area (Å²) in [5.41, 5.74) is 0.742. The number of sulfonamides is 1. The second kappa shape index (κ2) is 4.90. The normalized spacial score (nSPS) is 12.7. The zero-order chi connectivity index (χ0) is 14.2. The number of benzene rings is 1. The molecule has 1 aromatic carbocycles. The molecule has 104 valence electrons. The second-order valence-corrected chi connectivity index (χ2v) is 6.31. The fourth-order valence-corrected chi connectivity index (χ4v) is 3.36. The fraction of sp³-hybridized carbons (Fsp3) is 0.333. The van der Waals surface area contributed by atoms with Crippen LogP contribution >= 0.6 is 0 Å². The molecule has 7 heteroatoms. The highest BCUT2D eigenvalue weighted by Crippen LogP contribution is 2.26. The first-order chi connectivity index (χ1) is 8.84. The van der Waals surface area contributed by atoms with Crippen molar-refractivity contribution in [2.45, 2.75) is 11.3 Å². The van der Waals surface area contributed by atoms with Gasteiger partial charge in [-0.2, -0.15) is 4.31 Å². The molecule has 2 aromatic rings. The molecule has 1 heterocycles. The summed E-state index contributed by atoms with van der Waals surface area (Å²) in [7, 11) is -1.03. The molecule has 19 heavy (non-hydrogen) atoms. The van der Waals surface area contributed by atoms with Gasteiger partial charge in [-0.1, -0.05) is 18.2 Å². The topological polar surface area (TPSA) is 42.3 Å². The van der Waals surface area contributed by atoms with Crippen LogP contribution < -0.4 is 0 Å². The monoisotopic (exact) mass is 288 g/mol. The number of halogens is 2. The van der Waals surface area contributed by atoms with E-state index in [9.17, 15) is 17.2 Å². The van der Waals surface area contributed by atoms with Crippen LogP contribution in [0.3, 0.4) is 0 Å². The molecular weight excluding hydrogens is 274 g/mol. The van der Waals surface area contributed by atoms with E-state index in [1.807, 2.05) is 0 Å². The van der Waals surface area contributed by atoms with Crippen LogP contribution in [0, 0.1) is 0 Å². The Hall–Kier alpha value is -1.47. The quantitative estimate of drug-likeness (QED) is 0.864. The van der Waals surface area contributed by atoms with E-state index < -0.39 is 23.0 Å². The number of nitrogens with zero attached hydrogens (tertiary/aromatic N) is 2. The van der Waals surface area contributed by atoms with Gasteiger partial charge in [0, 0.05) is 31.2 Å². The van der Waals surface area contributed by atoms with Crippen LogP contribution in [0.25, 0.3) is 10.9 Å². The zero-order valence-corrected chi connectivity index (χ0v) is 11.4. The maximum Gasteiger partial charge on any atom is 0.252 e. The molecule has 0 unspecified atom stereocenters. The summed E-state index contributed by atoms with van der Waals surface area (Å²) in [6.07, 6.45) is -1.25. The minimum absolute atomic E-state index is 0.0498. The molecule has 4 nitrogen and oxygen atoms in total. The highest BCUT2D eigenvalue weighted by Gasteiger charge is 2.26. The summed E-state index contributed by atoms with van der Waals surface area (Å²) in [6, 6.07) is 6.95. The van der Waals surface area contributed by atoms with Crippen molar-refractivity contribution in [3.8, 4) is 0 Å². The first kappa shape index (κ1) is 14.0. The highest BCUT2D eigenvalue weighted by atomic mass is 32.2. The molecule has 0 bridgehead atoms. The van der Waals surface area contributed by atoms with Gasteiger partial charge in [-0.15, -0.1) is 0 Å². The Balaban J connectivity index is 2.55. The molecule has 0 aliphatic rings. The molecule has 0 saturated heterocycles. The van der Waals surface area contributed by atoms with Gasteiger partial charge in [0.15, 0.2) is 0 Å². The summed E-state index contributed by atoms with van der Waals surface area (Å²) in [4.78, 5) is 0.0498. The Morgan fingerprint density at radius 1 is 1.32 bits per heavy atom. The molecule has 0 spiro atoms. The Kier molecular flexibility index (Phi) is 3.60. The van der Waals surface area contributed by atoms with Crippen LogP contribution in [0.15, 0.2) is 35.4 Å². The lowest BCUT2D eigenvalue weighted by atomic mass is 10.2. The predicted octanol–water partition coefficient (Wildman–Crippen LogP) is 2.06. The van der Waals surface area contributed by atoms with Crippen LogP contribution in [0.5, 0.6) is 0 Å². The van der Waals surface area contributed by atoms with Gasteiger partial charge in [-0.3, -0.25) is 0 Å². The van der Waals surface area contributed by atoms with Crippen LogP contribution in [-0.4, -0.2) is 37.3 Å². The van der Waals surface area contributed by atoms with Gasteiger partial charge in [0.2, 0.25) is 10.0 Å². The van der Waals surface area contributed by atoms with E-state index in [1.54, 1.807) is 35.9 Å². The molecular formula is C12H14F2N2O2S. The average molecular weight is 288 g/mol. The molecule has 0 fully saturated rings. The summed E-state index contributed by atoms with van der Waals surface area (Å²) in [5.74, 6) is 0. The molecule has 0 amide bonds. The Labute approximate surface area is 110 Å². The van der Waals surface area contributed by atoms with Crippen molar-refractivity contribution in [3.05, 3.63) is 30.5 Å². The van der Waals surface area contributed by atoms with Gasteiger partial charge in [0.25, 0.3) is 6.43 Å². The fourth-order valence-electron chi connectivity index (χ4n) is 1.97. The van der Waals surface area contributed by atoms with Crippen LogP contribution in [0.2, 0.25) is 0 Å². The van der Waals surface area contributed by atoms with Crippen molar-refractivity contribution >= 4 is 20.9 Å². The second-order valence-electron chi connectivity index (χ2n) is 4.30. The van der Waals surface area contributed by atoms with Crippen LogP contribution in [0.1, 0.15) is 0 Å². The zero-order valence-electron chi connectivity index (χ0n) is 10.5. The smallest absolute Gasteiger partial charge is 0.252 e. The van der Waals surface area contributed by atoms with Crippen molar-refractivity contribution < 1.29 is 17.2 Å². The number of aromatic nitrogens is 1. The number of para-hydroxylation sites is 1. The third kappa shape index (κ3) is 2.48. The van der Waals surface area contributed by atoms with Crippen molar-refractivity contribution in [3.63, 3.8) is 0 Å². The van der Waals surface area contributed by atoms with Crippen molar-refractivity contribution in [1.29, 1.82) is 0 Å². The number of fused-ring (bicyclic) bond motifs is 1. The largest absolute Gasteiger partial charge is 0.349 e. The number of hydrogen-bond acceptors (Lipinski definition) is 2. The van der Waals surface area contributed by atoms with E-state index in [0.29, 0.717) is 9.69 Å². The van der Waals surface area contributed by atoms with Gasteiger partial charge >= 0.3 is 0 Å². The number of aryl methyl sites for hydroxylation is 1. The van der Waals surface area contributed by atoms with E-state index in [1.165, 1.54) is 6.20 Å². The minimum Gasteiger partial charge on any atom is -0.349 e. The minimum atomic E-state index is -3.91. The Bertz CT molecular complexity index is 695. The third-order valence-corrected chi connectivity index (χ3v) is 4.79. The number of alkyl halides is 2.